The van der Waals surface area contributed by atoms with E-state index in [0.717, 1.165) is 87.8 Å². The number of aromatic nitrogens is 4. The molecule has 1 atom stereocenters. The van der Waals surface area contributed by atoms with Gasteiger partial charge in [-0.05, 0) is 111 Å². The Morgan fingerprint density at radius 2 is 1.58 bits per heavy atom. The number of ether oxygens (including phenoxy) is 1. The Kier molecular flexibility index (Phi) is 6.46. The van der Waals surface area contributed by atoms with Crippen LogP contribution in [0.2, 0.25) is 0 Å². The van der Waals surface area contributed by atoms with Crippen molar-refractivity contribution in [1.82, 2.24) is 30.6 Å². The molecular weight excluding hydrogens is 560 g/mol. The van der Waals surface area contributed by atoms with Crippen molar-refractivity contribution in [2.75, 3.05) is 6.54 Å². The van der Waals surface area contributed by atoms with Crippen LogP contribution in [0, 0.1) is 0 Å². The number of fused-ring (bicyclic) bond motifs is 4. The van der Waals surface area contributed by atoms with E-state index >= 15 is 0 Å². The summed E-state index contributed by atoms with van der Waals surface area (Å²) in [6.45, 7) is 6.68. The molecule has 8 heteroatoms. The Morgan fingerprint density at radius 1 is 0.844 bits per heavy atom. The summed E-state index contributed by atoms with van der Waals surface area (Å²) in [7, 11) is 0. The van der Waals surface area contributed by atoms with Gasteiger partial charge in [-0.25, -0.2) is 14.8 Å². The maximum Gasteiger partial charge on any atom is 0.408 e. The highest BCUT2D eigenvalue weighted by atomic mass is 16.6. The first-order valence-electron chi connectivity index (χ1n) is 16.0. The van der Waals surface area contributed by atoms with Crippen molar-refractivity contribution in [3.63, 3.8) is 0 Å². The van der Waals surface area contributed by atoms with Crippen LogP contribution in [-0.2, 0) is 10.3 Å². The molecule has 1 amide bonds. The highest BCUT2D eigenvalue weighted by molar-refractivity contribution is 6.05. The molecule has 0 spiro atoms. The Balaban J connectivity index is 1.05. The third-order valence-corrected chi connectivity index (χ3v) is 9.31. The van der Waals surface area contributed by atoms with Crippen molar-refractivity contribution in [2.24, 2.45) is 0 Å². The van der Waals surface area contributed by atoms with Crippen LogP contribution >= 0.6 is 0 Å². The molecule has 2 aromatic heterocycles. The van der Waals surface area contributed by atoms with E-state index in [1.807, 2.05) is 20.8 Å². The second kappa shape index (κ2) is 10.4. The molecule has 0 radical (unpaired) electrons. The first-order valence-corrected chi connectivity index (χ1v) is 16.0. The lowest BCUT2D eigenvalue weighted by Gasteiger charge is -2.40. The second-order valence-electron chi connectivity index (χ2n) is 13.6. The zero-order valence-corrected chi connectivity index (χ0v) is 26.0. The molecule has 0 bridgehead atoms. The number of hydrogen-bond donors (Lipinski definition) is 4. The number of amides is 1. The molecule has 3 heterocycles. The van der Waals surface area contributed by atoms with Crippen LogP contribution in [0.4, 0.5) is 4.79 Å². The number of hydrogen-bond acceptors (Lipinski definition) is 5. The molecule has 4 aromatic carbocycles. The molecule has 2 fully saturated rings. The quantitative estimate of drug-likeness (QED) is 0.160. The van der Waals surface area contributed by atoms with Crippen molar-refractivity contribution in [3.05, 3.63) is 84.4 Å². The van der Waals surface area contributed by atoms with Crippen LogP contribution in [0.25, 0.3) is 55.1 Å². The van der Waals surface area contributed by atoms with Gasteiger partial charge < -0.3 is 25.3 Å². The molecule has 1 unspecified atom stereocenters. The smallest absolute Gasteiger partial charge is 0.408 e. The highest BCUT2D eigenvalue weighted by Crippen LogP contribution is 2.41. The predicted octanol–water partition coefficient (Wildman–Crippen LogP) is 8.25. The number of rotatable bonds is 5. The molecule has 45 heavy (non-hydrogen) atoms. The van der Waals surface area contributed by atoms with Gasteiger partial charge in [0, 0.05) is 5.39 Å². The first-order chi connectivity index (χ1) is 21.7. The zero-order chi connectivity index (χ0) is 30.8. The molecule has 8 nitrogen and oxygen atoms in total. The van der Waals surface area contributed by atoms with Gasteiger partial charge >= 0.3 is 6.09 Å². The van der Waals surface area contributed by atoms with Crippen molar-refractivity contribution in [2.45, 2.75) is 70.1 Å². The molecule has 1 saturated heterocycles. The summed E-state index contributed by atoms with van der Waals surface area (Å²) in [4.78, 5) is 29.6. The Labute approximate surface area is 262 Å². The van der Waals surface area contributed by atoms with Gasteiger partial charge in [0.15, 0.2) is 0 Å². The number of alkyl carbamates (subject to hydrolysis) is 1. The number of H-pyrrole nitrogens is 2. The lowest BCUT2D eigenvalue weighted by atomic mass is 9.76. The van der Waals surface area contributed by atoms with Crippen LogP contribution in [0.3, 0.4) is 0 Å². The Morgan fingerprint density at radius 3 is 2.27 bits per heavy atom. The number of nitrogens with zero attached hydrogens (tertiary/aromatic N) is 2. The maximum absolute atomic E-state index is 12.7. The standard InChI is InChI=1S/C37H38N6O2/c1-36(2,3)45-35(44)43-37(17-5-18-37)34-41-29-16-13-26-20-24(11-14-27(26)32(29)42-34)22-7-9-23(10-8-22)25-12-15-28-31(21-25)40-33(39-28)30-6-4-19-38-30/h7-16,20-21,30,38H,4-6,17-19H2,1-3H3,(H,39,40)(H,41,42)(H,43,44). The minimum Gasteiger partial charge on any atom is -0.444 e. The van der Waals surface area contributed by atoms with Crippen LogP contribution in [0.5, 0.6) is 0 Å². The molecule has 1 aliphatic carbocycles. The summed E-state index contributed by atoms with van der Waals surface area (Å²) in [5.41, 5.74) is 7.56. The normalized spacial score (nSPS) is 18.0. The number of nitrogens with one attached hydrogen (secondary N) is 4. The molecule has 6 aromatic rings. The molecule has 1 saturated carbocycles. The average molecular weight is 599 g/mol. The topological polar surface area (TPSA) is 108 Å². The van der Waals surface area contributed by atoms with Gasteiger partial charge in [-0.2, -0.15) is 0 Å². The van der Waals surface area contributed by atoms with E-state index in [0.29, 0.717) is 6.04 Å². The molecule has 2 aliphatic rings. The summed E-state index contributed by atoms with van der Waals surface area (Å²) in [5.74, 6) is 1.83. The summed E-state index contributed by atoms with van der Waals surface area (Å²) in [5, 5.41) is 8.86. The van der Waals surface area contributed by atoms with Gasteiger partial charge in [-0.15, -0.1) is 0 Å². The average Bonchev–Trinajstić information content (AvgIpc) is 3.77. The number of imidazole rings is 2. The van der Waals surface area contributed by atoms with Crippen molar-refractivity contribution >= 4 is 38.9 Å². The fraction of sp³-hybridized carbons (Fsp3) is 0.324. The number of carbonyl (C=O) groups excluding carboxylic acids is 1. The van der Waals surface area contributed by atoms with E-state index in [9.17, 15) is 4.79 Å². The highest BCUT2D eigenvalue weighted by Gasteiger charge is 2.44. The summed E-state index contributed by atoms with van der Waals surface area (Å²) >= 11 is 0. The van der Waals surface area contributed by atoms with Gasteiger partial charge in [-0.3, -0.25) is 0 Å². The van der Waals surface area contributed by atoms with E-state index in [4.69, 9.17) is 14.7 Å². The van der Waals surface area contributed by atoms with Crippen LogP contribution in [0.1, 0.15) is 70.6 Å². The third-order valence-electron chi connectivity index (χ3n) is 9.31. The third kappa shape index (κ3) is 5.13. The Bertz CT molecular complexity index is 2060. The fourth-order valence-corrected chi connectivity index (χ4v) is 6.81. The minimum atomic E-state index is -0.553. The summed E-state index contributed by atoms with van der Waals surface area (Å²) < 4.78 is 5.56. The fourth-order valence-electron chi connectivity index (χ4n) is 6.81. The van der Waals surface area contributed by atoms with Gasteiger partial charge in [-0.1, -0.05) is 48.5 Å². The second-order valence-corrected chi connectivity index (χ2v) is 13.6. The zero-order valence-electron chi connectivity index (χ0n) is 26.0. The van der Waals surface area contributed by atoms with Crippen LogP contribution in [0.15, 0.2) is 72.8 Å². The van der Waals surface area contributed by atoms with E-state index < -0.39 is 17.2 Å². The monoisotopic (exact) mass is 598 g/mol. The van der Waals surface area contributed by atoms with Gasteiger partial charge in [0.2, 0.25) is 0 Å². The summed E-state index contributed by atoms with van der Waals surface area (Å²) in [6, 6.07) is 26.3. The van der Waals surface area contributed by atoms with Crippen molar-refractivity contribution in [1.29, 1.82) is 0 Å². The predicted molar refractivity (Wildman–Crippen MR) is 179 cm³/mol. The number of benzene rings is 4. The maximum atomic E-state index is 12.7. The Hall–Kier alpha value is -4.69. The lowest BCUT2D eigenvalue weighted by Crippen LogP contribution is -2.52. The lowest BCUT2D eigenvalue weighted by molar-refractivity contribution is 0.0366. The van der Waals surface area contributed by atoms with Crippen molar-refractivity contribution in [3.8, 4) is 22.3 Å². The molecule has 1 aliphatic heterocycles. The largest absolute Gasteiger partial charge is 0.444 e. The van der Waals surface area contributed by atoms with Crippen LogP contribution in [-0.4, -0.2) is 38.2 Å². The van der Waals surface area contributed by atoms with E-state index in [-0.39, 0.29) is 0 Å². The van der Waals surface area contributed by atoms with Gasteiger partial charge in [0.25, 0.3) is 0 Å². The van der Waals surface area contributed by atoms with Crippen LogP contribution < -0.4 is 10.6 Å². The van der Waals surface area contributed by atoms with E-state index in [1.54, 1.807) is 0 Å². The summed E-state index contributed by atoms with van der Waals surface area (Å²) in [6.07, 6.45) is 4.62. The molecule has 4 N–H and O–H groups in total. The molecule has 228 valence electrons. The minimum absolute atomic E-state index is 0.328. The SMILES string of the molecule is CC(C)(C)OC(=O)NC1(c2nc3c(ccc4cc(-c5ccc(-c6ccc7nc(C8CCCN8)[nH]c7c6)cc5)ccc43)[nH]2)CCC1. The first kappa shape index (κ1) is 27.8. The molecule has 8 rings (SSSR count). The number of carbonyl (C=O) groups is 1. The van der Waals surface area contributed by atoms with E-state index in [2.05, 4.69) is 93.4 Å². The number of aromatic amines is 2. The van der Waals surface area contributed by atoms with Gasteiger partial charge in [0.05, 0.1) is 28.1 Å². The van der Waals surface area contributed by atoms with Crippen molar-refractivity contribution < 1.29 is 9.53 Å². The van der Waals surface area contributed by atoms with E-state index in [1.165, 1.54) is 17.5 Å². The van der Waals surface area contributed by atoms with Gasteiger partial charge in [0.1, 0.15) is 22.8 Å². The molecular formula is C37H38N6O2.